The van der Waals surface area contributed by atoms with E-state index in [1.54, 1.807) is 4.90 Å². The molecule has 0 aromatic rings. The Morgan fingerprint density at radius 1 is 1.42 bits per heavy atom. The molecule has 112 valence electrons. The molecule has 1 N–H and O–H groups in total. The lowest BCUT2D eigenvalue weighted by atomic mass is 9.97. The van der Waals surface area contributed by atoms with Crippen molar-refractivity contribution in [3.05, 3.63) is 0 Å². The van der Waals surface area contributed by atoms with Gasteiger partial charge in [0.05, 0.1) is 12.5 Å². The fraction of sp³-hybridized carbons (Fsp3) is 0.923. The summed E-state index contributed by atoms with van der Waals surface area (Å²) in [6.45, 7) is 5.30. The molecule has 0 saturated carbocycles. The Balaban J connectivity index is 2.30. The number of piperidine rings is 1. The molecule has 0 aromatic carbocycles. The minimum absolute atomic E-state index is 0.0545. The number of hydrogen-bond donors (Lipinski definition) is 1. The van der Waals surface area contributed by atoms with Crippen molar-refractivity contribution in [2.75, 3.05) is 26.2 Å². The second kappa shape index (κ2) is 7.12. The summed E-state index contributed by atoms with van der Waals surface area (Å²) in [7, 11) is 0. The quantitative estimate of drug-likeness (QED) is 0.839. The van der Waals surface area contributed by atoms with Gasteiger partial charge in [-0.1, -0.05) is 13.8 Å². The summed E-state index contributed by atoms with van der Waals surface area (Å²) in [4.78, 5) is 13.2. The normalized spacial score (nSPS) is 21.7. The average Bonchev–Trinajstić information content (AvgIpc) is 2.27. The lowest BCUT2D eigenvalue weighted by Gasteiger charge is -2.33. The van der Waals surface area contributed by atoms with Gasteiger partial charge in [0.15, 0.2) is 0 Å². The molecular weight excluding hydrogens is 257 g/mol. The number of alkyl halides is 3. The zero-order valence-electron chi connectivity index (χ0n) is 11.6. The number of carbonyl (C=O) groups excluding carboxylic acids is 1. The molecule has 6 heteroatoms. The molecule has 1 unspecified atom stereocenters. The highest BCUT2D eigenvalue weighted by atomic mass is 19.4. The van der Waals surface area contributed by atoms with Crippen LogP contribution in [0.5, 0.6) is 0 Å². The zero-order valence-corrected chi connectivity index (χ0v) is 11.6. The Hall–Kier alpha value is -0.780. The molecule has 1 rings (SSSR count). The molecule has 0 radical (unpaired) electrons. The van der Waals surface area contributed by atoms with Gasteiger partial charge in [0.1, 0.15) is 0 Å². The summed E-state index contributed by atoms with van der Waals surface area (Å²) < 4.78 is 37.8. The van der Waals surface area contributed by atoms with Crippen LogP contribution < -0.4 is 5.32 Å². The van der Waals surface area contributed by atoms with Crippen LogP contribution in [0.15, 0.2) is 0 Å². The third-order valence-corrected chi connectivity index (χ3v) is 3.38. The first-order valence-corrected chi connectivity index (χ1v) is 6.84. The van der Waals surface area contributed by atoms with E-state index in [-0.39, 0.29) is 25.4 Å². The zero-order chi connectivity index (χ0) is 14.5. The van der Waals surface area contributed by atoms with Crippen LogP contribution in [0.25, 0.3) is 0 Å². The van der Waals surface area contributed by atoms with E-state index in [9.17, 15) is 18.0 Å². The predicted octanol–water partition coefficient (Wildman–Crippen LogP) is 2.42. The van der Waals surface area contributed by atoms with Gasteiger partial charge in [-0.3, -0.25) is 9.69 Å². The van der Waals surface area contributed by atoms with Crippen LogP contribution in [-0.2, 0) is 4.79 Å². The van der Waals surface area contributed by atoms with E-state index in [0.717, 1.165) is 6.42 Å². The first-order valence-electron chi connectivity index (χ1n) is 6.84. The maximum Gasteiger partial charge on any atom is 0.393 e. The lowest BCUT2D eigenvalue weighted by Crippen LogP contribution is -2.46. The third kappa shape index (κ3) is 6.27. The highest BCUT2D eigenvalue weighted by Gasteiger charge is 2.41. The number of nitrogens with zero attached hydrogens (tertiary/aromatic N) is 1. The Kier molecular flexibility index (Phi) is 6.10. The van der Waals surface area contributed by atoms with Crippen LogP contribution in [-0.4, -0.2) is 43.2 Å². The van der Waals surface area contributed by atoms with Crippen molar-refractivity contribution in [2.24, 2.45) is 11.8 Å². The summed E-state index contributed by atoms with van der Waals surface area (Å²) in [5.74, 6) is -0.960. The Labute approximate surface area is 112 Å². The monoisotopic (exact) mass is 280 g/mol. The van der Waals surface area contributed by atoms with Crippen LogP contribution in [0.2, 0.25) is 0 Å². The Morgan fingerprint density at radius 2 is 2.11 bits per heavy atom. The smallest absolute Gasteiger partial charge is 0.355 e. The fourth-order valence-corrected chi connectivity index (χ4v) is 2.23. The topological polar surface area (TPSA) is 32.3 Å². The second-order valence-electron chi connectivity index (χ2n) is 5.65. The maximum absolute atomic E-state index is 12.6. The molecule has 1 aliphatic rings. The van der Waals surface area contributed by atoms with Crippen molar-refractivity contribution >= 4 is 5.91 Å². The summed E-state index contributed by atoms with van der Waals surface area (Å²) in [6, 6.07) is 0. The van der Waals surface area contributed by atoms with E-state index in [1.165, 1.54) is 0 Å². The van der Waals surface area contributed by atoms with E-state index < -0.39 is 12.1 Å². The third-order valence-electron chi connectivity index (χ3n) is 3.38. The maximum atomic E-state index is 12.6. The van der Waals surface area contributed by atoms with Crippen molar-refractivity contribution in [3.63, 3.8) is 0 Å². The largest absolute Gasteiger partial charge is 0.393 e. The van der Waals surface area contributed by atoms with E-state index in [4.69, 9.17) is 0 Å². The first-order chi connectivity index (χ1) is 8.79. The van der Waals surface area contributed by atoms with Crippen molar-refractivity contribution in [2.45, 2.75) is 39.3 Å². The standard InChI is InChI=1S/C13H23F3N2O/c1-10(2)5-6-17-12(19)9-18-7-3-4-11(8-18)13(14,15)16/h10-11H,3-9H2,1-2H3,(H,17,19). The minimum atomic E-state index is -4.15. The molecule has 19 heavy (non-hydrogen) atoms. The molecule has 1 saturated heterocycles. The molecule has 0 spiro atoms. The number of likely N-dealkylation sites (tertiary alicyclic amines) is 1. The van der Waals surface area contributed by atoms with Gasteiger partial charge in [-0.2, -0.15) is 13.2 Å². The van der Waals surface area contributed by atoms with Gasteiger partial charge in [-0.05, 0) is 31.7 Å². The number of carbonyl (C=O) groups is 1. The summed E-state index contributed by atoms with van der Waals surface area (Å²) >= 11 is 0. The Morgan fingerprint density at radius 3 is 2.68 bits per heavy atom. The number of hydrogen-bond acceptors (Lipinski definition) is 2. The molecule has 1 atom stereocenters. The van der Waals surface area contributed by atoms with Crippen LogP contribution in [0.3, 0.4) is 0 Å². The van der Waals surface area contributed by atoms with Crippen molar-refractivity contribution in [3.8, 4) is 0 Å². The average molecular weight is 280 g/mol. The molecular formula is C13H23F3N2O. The molecule has 0 bridgehead atoms. The van der Waals surface area contributed by atoms with Crippen molar-refractivity contribution < 1.29 is 18.0 Å². The fourth-order valence-electron chi connectivity index (χ4n) is 2.23. The molecule has 0 aliphatic carbocycles. The number of rotatable bonds is 5. The second-order valence-corrected chi connectivity index (χ2v) is 5.65. The van der Waals surface area contributed by atoms with Crippen LogP contribution in [0.1, 0.15) is 33.1 Å². The SMILES string of the molecule is CC(C)CCNC(=O)CN1CCCC(C(F)(F)F)C1. The van der Waals surface area contributed by atoms with Crippen LogP contribution in [0, 0.1) is 11.8 Å². The Bertz CT molecular complexity index is 292. The van der Waals surface area contributed by atoms with Gasteiger partial charge in [0.25, 0.3) is 0 Å². The number of halogens is 3. The highest BCUT2D eigenvalue weighted by Crippen LogP contribution is 2.32. The lowest BCUT2D eigenvalue weighted by molar-refractivity contribution is -0.187. The van der Waals surface area contributed by atoms with Crippen LogP contribution in [0.4, 0.5) is 13.2 Å². The summed E-state index contributed by atoms with van der Waals surface area (Å²) in [5, 5.41) is 2.75. The first kappa shape index (κ1) is 16.3. The molecule has 1 fully saturated rings. The van der Waals surface area contributed by atoms with Gasteiger partial charge >= 0.3 is 6.18 Å². The van der Waals surface area contributed by atoms with E-state index >= 15 is 0 Å². The van der Waals surface area contributed by atoms with Gasteiger partial charge in [0, 0.05) is 13.1 Å². The molecule has 1 aliphatic heterocycles. The molecule has 1 heterocycles. The van der Waals surface area contributed by atoms with Gasteiger partial charge in [-0.25, -0.2) is 0 Å². The summed E-state index contributed by atoms with van der Waals surface area (Å²) in [6.07, 6.45) is -2.58. The molecule has 3 nitrogen and oxygen atoms in total. The molecule has 1 amide bonds. The van der Waals surface area contributed by atoms with Crippen molar-refractivity contribution in [1.82, 2.24) is 10.2 Å². The number of amides is 1. The highest BCUT2D eigenvalue weighted by molar-refractivity contribution is 5.77. The van der Waals surface area contributed by atoms with E-state index in [1.807, 2.05) is 0 Å². The van der Waals surface area contributed by atoms with Crippen molar-refractivity contribution in [1.29, 1.82) is 0 Å². The summed E-state index contributed by atoms with van der Waals surface area (Å²) in [5.41, 5.74) is 0. The minimum Gasteiger partial charge on any atom is -0.355 e. The van der Waals surface area contributed by atoms with E-state index in [2.05, 4.69) is 19.2 Å². The van der Waals surface area contributed by atoms with Gasteiger partial charge < -0.3 is 5.32 Å². The van der Waals surface area contributed by atoms with Gasteiger partial charge in [-0.15, -0.1) is 0 Å². The van der Waals surface area contributed by atoms with E-state index in [0.29, 0.717) is 25.4 Å². The predicted molar refractivity (Wildman–Crippen MR) is 67.7 cm³/mol. The van der Waals surface area contributed by atoms with Gasteiger partial charge in [0.2, 0.25) is 5.91 Å². The molecule has 0 aromatic heterocycles. The number of nitrogens with one attached hydrogen (secondary N) is 1. The van der Waals surface area contributed by atoms with Crippen LogP contribution >= 0.6 is 0 Å².